The highest BCUT2D eigenvalue weighted by molar-refractivity contribution is 6.07. The van der Waals surface area contributed by atoms with Crippen LogP contribution in [0.4, 0.5) is 0 Å². The van der Waals surface area contributed by atoms with Crippen molar-refractivity contribution < 1.29 is 4.79 Å². The molecule has 2 aliphatic carbocycles. The van der Waals surface area contributed by atoms with Gasteiger partial charge in [-0.2, -0.15) is 5.10 Å². The molecule has 5 rings (SSSR count). The van der Waals surface area contributed by atoms with Gasteiger partial charge in [-0.1, -0.05) is 30.5 Å². The van der Waals surface area contributed by atoms with E-state index in [9.17, 15) is 4.79 Å². The lowest BCUT2D eigenvalue weighted by atomic mass is 10.1. The van der Waals surface area contributed by atoms with Crippen LogP contribution in [0.25, 0.3) is 16.7 Å². The number of fused-ring (bicyclic) bond motifs is 1. The first-order chi connectivity index (χ1) is 13.6. The number of hydrogen-bond donors (Lipinski definition) is 1. The zero-order chi connectivity index (χ0) is 19.3. The maximum absolute atomic E-state index is 13.2. The molecule has 0 unspecified atom stereocenters. The van der Waals surface area contributed by atoms with Gasteiger partial charge in [0.25, 0.3) is 5.91 Å². The summed E-state index contributed by atoms with van der Waals surface area (Å²) in [7, 11) is 0. The second kappa shape index (κ2) is 6.73. The molecule has 0 aliphatic heterocycles. The third-order valence-electron chi connectivity index (χ3n) is 6.04. The first-order valence-corrected chi connectivity index (χ1v) is 10.4. The van der Waals surface area contributed by atoms with Crippen LogP contribution < -0.4 is 5.32 Å². The van der Waals surface area contributed by atoms with Gasteiger partial charge in [0.1, 0.15) is 0 Å². The number of amides is 1. The summed E-state index contributed by atoms with van der Waals surface area (Å²) in [6.07, 6.45) is 6.87. The molecule has 5 nitrogen and oxygen atoms in total. The van der Waals surface area contributed by atoms with Gasteiger partial charge in [-0.15, -0.1) is 0 Å². The zero-order valence-corrected chi connectivity index (χ0v) is 16.5. The Morgan fingerprint density at radius 2 is 1.79 bits per heavy atom. The van der Waals surface area contributed by atoms with E-state index in [0.29, 0.717) is 12.0 Å². The van der Waals surface area contributed by atoms with E-state index >= 15 is 0 Å². The molecule has 0 bridgehead atoms. The molecule has 0 spiro atoms. The van der Waals surface area contributed by atoms with E-state index in [4.69, 9.17) is 10.1 Å². The van der Waals surface area contributed by atoms with Crippen LogP contribution in [0.15, 0.2) is 30.3 Å². The molecule has 0 radical (unpaired) electrons. The molecule has 2 heterocycles. The van der Waals surface area contributed by atoms with Crippen molar-refractivity contribution in [3.05, 3.63) is 52.8 Å². The number of carbonyl (C=O) groups is 1. The SMILES string of the molecule is Cc1ccc(-n2nc(C)c3c(C(=O)NC4CCCC4)cc(C4CC4)nc32)cc1. The Hall–Kier alpha value is -2.69. The Morgan fingerprint density at radius 3 is 2.46 bits per heavy atom. The molecule has 1 amide bonds. The number of pyridine rings is 1. The quantitative estimate of drug-likeness (QED) is 0.727. The fourth-order valence-corrected chi connectivity index (χ4v) is 4.27. The highest BCUT2D eigenvalue weighted by atomic mass is 16.1. The lowest BCUT2D eigenvalue weighted by Crippen LogP contribution is -2.32. The Morgan fingerprint density at radius 1 is 1.07 bits per heavy atom. The van der Waals surface area contributed by atoms with Crippen molar-refractivity contribution in [2.45, 2.75) is 64.3 Å². The number of nitrogens with zero attached hydrogens (tertiary/aromatic N) is 3. The molecule has 28 heavy (non-hydrogen) atoms. The Labute approximate surface area is 165 Å². The van der Waals surface area contributed by atoms with Crippen LogP contribution in [0.5, 0.6) is 0 Å². The minimum atomic E-state index is 0.0211. The van der Waals surface area contributed by atoms with Gasteiger partial charge in [-0.3, -0.25) is 4.79 Å². The van der Waals surface area contributed by atoms with Crippen LogP contribution in [0.3, 0.4) is 0 Å². The number of carbonyl (C=O) groups excluding carboxylic acids is 1. The van der Waals surface area contributed by atoms with Gasteiger partial charge in [-0.05, 0) is 57.7 Å². The topological polar surface area (TPSA) is 59.8 Å². The molecular weight excluding hydrogens is 348 g/mol. The molecule has 0 saturated heterocycles. The van der Waals surface area contributed by atoms with E-state index in [2.05, 4.69) is 36.5 Å². The molecule has 5 heteroatoms. The number of nitrogens with one attached hydrogen (secondary N) is 1. The van der Waals surface area contributed by atoms with Gasteiger partial charge in [-0.25, -0.2) is 9.67 Å². The van der Waals surface area contributed by atoms with Crippen LogP contribution in [-0.2, 0) is 0 Å². The van der Waals surface area contributed by atoms with E-state index in [1.54, 1.807) is 0 Å². The van der Waals surface area contributed by atoms with Crippen molar-refractivity contribution in [2.75, 3.05) is 0 Å². The highest BCUT2D eigenvalue weighted by Crippen LogP contribution is 2.40. The number of rotatable bonds is 4. The van der Waals surface area contributed by atoms with Crippen molar-refractivity contribution in [3.63, 3.8) is 0 Å². The molecule has 2 fully saturated rings. The largest absolute Gasteiger partial charge is 0.349 e. The van der Waals surface area contributed by atoms with Crippen molar-refractivity contribution in [2.24, 2.45) is 0 Å². The minimum absolute atomic E-state index is 0.0211. The van der Waals surface area contributed by atoms with Gasteiger partial charge in [0.15, 0.2) is 5.65 Å². The van der Waals surface area contributed by atoms with Crippen LogP contribution in [0, 0.1) is 13.8 Å². The Bertz CT molecular complexity index is 1040. The molecule has 2 saturated carbocycles. The Kier molecular flexibility index (Phi) is 4.18. The summed E-state index contributed by atoms with van der Waals surface area (Å²) in [5.74, 6) is 0.497. The molecule has 0 atom stereocenters. The Balaban J connectivity index is 1.64. The summed E-state index contributed by atoms with van der Waals surface area (Å²) in [4.78, 5) is 18.1. The molecule has 1 N–H and O–H groups in total. The van der Waals surface area contributed by atoms with Crippen molar-refractivity contribution in [1.29, 1.82) is 0 Å². The fraction of sp³-hybridized carbons (Fsp3) is 0.435. The summed E-state index contributed by atoms with van der Waals surface area (Å²) >= 11 is 0. The zero-order valence-electron chi connectivity index (χ0n) is 16.5. The summed E-state index contributed by atoms with van der Waals surface area (Å²) in [6.45, 7) is 4.04. The third-order valence-corrected chi connectivity index (χ3v) is 6.04. The third kappa shape index (κ3) is 3.09. The monoisotopic (exact) mass is 374 g/mol. The van der Waals surface area contributed by atoms with Gasteiger partial charge in [0.2, 0.25) is 0 Å². The van der Waals surface area contributed by atoms with E-state index in [1.165, 1.54) is 18.4 Å². The predicted molar refractivity (Wildman–Crippen MR) is 110 cm³/mol. The van der Waals surface area contributed by atoms with Gasteiger partial charge in [0.05, 0.1) is 22.3 Å². The van der Waals surface area contributed by atoms with Crippen molar-refractivity contribution in [3.8, 4) is 5.69 Å². The molecule has 2 aliphatic rings. The number of benzene rings is 1. The predicted octanol–water partition coefficient (Wildman–Crippen LogP) is 4.59. The van der Waals surface area contributed by atoms with Crippen molar-refractivity contribution in [1.82, 2.24) is 20.1 Å². The highest BCUT2D eigenvalue weighted by Gasteiger charge is 2.29. The smallest absolute Gasteiger partial charge is 0.252 e. The maximum atomic E-state index is 13.2. The number of aryl methyl sites for hydroxylation is 2. The molecule has 144 valence electrons. The van der Waals surface area contributed by atoms with E-state index in [1.807, 2.05) is 17.7 Å². The maximum Gasteiger partial charge on any atom is 0.252 e. The lowest BCUT2D eigenvalue weighted by molar-refractivity contribution is 0.0939. The second-order valence-corrected chi connectivity index (χ2v) is 8.36. The summed E-state index contributed by atoms with van der Waals surface area (Å²) in [6, 6.07) is 10.6. The van der Waals surface area contributed by atoms with E-state index < -0.39 is 0 Å². The van der Waals surface area contributed by atoms with Crippen LogP contribution in [0.1, 0.15) is 71.8 Å². The van der Waals surface area contributed by atoms with E-state index in [0.717, 1.165) is 59.4 Å². The second-order valence-electron chi connectivity index (χ2n) is 8.36. The van der Waals surface area contributed by atoms with Crippen LogP contribution in [-0.4, -0.2) is 26.7 Å². The first kappa shape index (κ1) is 17.4. The number of hydrogen-bond acceptors (Lipinski definition) is 3. The van der Waals surface area contributed by atoms with Gasteiger partial charge >= 0.3 is 0 Å². The first-order valence-electron chi connectivity index (χ1n) is 10.4. The standard InChI is InChI=1S/C23H26N4O/c1-14-7-11-18(12-8-14)27-22-21(15(2)26-27)19(13-20(25-22)16-9-10-16)23(28)24-17-5-3-4-6-17/h7-8,11-13,16-17H,3-6,9-10H2,1-2H3,(H,24,28). The van der Waals surface area contributed by atoms with Crippen molar-refractivity contribution >= 4 is 16.9 Å². The van der Waals surface area contributed by atoms with E-state index in [-0.39, 0.29) is 5.91 Å². The average molecular weight is 374 g/mol. The summed E-state index contributed by atoms with van der Waals surface area (Å²) < 4.78 is 1.89. The molecule has 1 aromatic carbocycles. The van der Waals surface area contributed by atoms with Crippen LogP contribution in [0.2, 0.25) is 0 Å². The van der Waals surface area contributed by atoms with Crippen LogP contribution >= 0.6 is 0 Å². The minimum Gasteiger partial charge on any atom is -0.349 e. The molecular formula is C23H26N4O. The molecule has 3 aromatic rings. The summed E-state index contributed by atoms with van der Waals surface area (Å²) in [5.41, 5.74) is 5.59. The average Bonchev–Trinajstić information content (AvgIpc) is 3.33. The molecule has 2 aromatic heterocycles. The summed E-state index contributed by atoms with van der Waals surface area (Å²) in [5, 5.41) is 8.89. The fourth-order valence-electron chi connectivity index (χ4n) is 4.27. The number of aromatic nitrogens is 3. The van der Waals surface area contributed by atoms with Gasteiger partial charge < -0.3 is 5.32 Å². The lowest BCUT2D eigenvalue weighted by Gasteiger charge is -2.14. The normalized spacial score (nSPS) is 17.4. The van der Waals surface area contributed by atoms with Gasteiger partial charge in [0, 0.05) is 17.7 Å².